The van der Waals surface area contributed by atoms with Crippen molar-refractivity contribution in [1.29, 1.82) is 0 Å². The minimum atomic E-state index is -0.239. The first kappa shape index (κ1) is 8.51. The van der Waals surface area contributed by atoms with Gasteiger partial charge in [0.05, 0.1) is 5.69 Å². The summed E-state index contributed by atoms with van der Waals surface area (Å²) in [7, 11) is 0. The second-order valence-electron chi connectivity index (χ2n) is 2.80. The Labute approximate surface area is 83.5 Å². The number of fused-ring (bicyclic) bond motifs is 1. The zero-order valence-electron chi connectivity index (χ0n) is 6.72. The molecule has 2 rings (SSSR count). The maximum atomic E-state index is 13.2. The number of nitrogen functional groups attached to an aromatic ring is 1. The number of hydrogen-bond donors (Lipinski definition) is 1. The molecule has 1 nitrogen and oxygen atoms in total. The van der Waals surface area contributed by atoms with Crippen molar-refractivity contribution in [2.24, 2.45) is 0 Å². The van der Waals surface area contributed by atoms with Crippen LogP contribution >= 0.6 is 15.9 Å². The molecule has 0 unspecified atom stereocenters. The van der Waals surface area contributed by atoms with E-state index in [2.05, 4.69) is 15.9 Å². The molecule has 66 valence electrons. The molecule has 0 saturated heterocycles. The normalized spacial score (nSPS) is 10.6. The maximum Gasteiger partial charge on any atom is 0.131 e. The highest BCUT2D eigenvalue weighted by atomic mass is 79.9. The van der Waals surface area contributed by atoms with Gasteiger partial charge in [-0.3, -0.25) is 0 Å². The van der Waals surface area contributed by atoms with Gasteiger partial charge in [0.25, 0.3) is 0 Å². The fourth-order valence-corrected chi connectivity index (χ4v) is 1.66. The molecule has 0 aliphatic heterocycles. The molecular weight excluding hydrogens is 233 g/mol. The van der Waals surface area contributed by atoms with Gasteiger partial charge in [-0.1, -0.05) is 18.2 Å². The number of nitrogens with two attached hydrogens (primary N) is 1. The van der Waals surface area contributed by atoms with Crippen LogP contribution < -0.4 is 5.73 Å². The Bertz CT molecular complexity index is 468. The zero-order chi connectivity index (χ0) is 9.42. The van der Waals surface area contributed by atoms with Gasteiger partial charge in [0.1, 0.15) is 5.82 Å². The molecule has 0 heterocycles. The van der Waals surface area contributed by atoms with Gasteiger partial charge < -0.3 is 5.73 Å². The van der Waals surface area contributed by atoms with Crippen molar-refractivity contribution < 1.29 is 4.39 Å². The molecule has 2 aromatic carbocycles. The van der Waals surface area contributed by atoms with Gasteiger partial charge in [-0.2, -0.15) is 0 Å². The minimum Gasteiger partial charge on any atom is -0.397 e. The van der Waals surface area contributed by atoms with E-state index in [0.29, 0.717) is 11.1 Å². The molecule has 0 fully saturated rings. The predicted octanol–water partition coefficient (Wildman–Crippen LogP) is 3.32. The van der Waals surface area contributed by atoms with E-state index in [4.69, 9.17) is 5.73 Å². The monoisotopic (exact) mass is 239 g/mol. The summed E-state index contributed by atoms with van der Waals surface area (Å²) in [4.78, 5) is 0. The van der Waals surface area contributed by atoms with Crippen LogP contribution in [-0.2, 0) is 0 Å². The van der Waals surface area contributed by atoms with Gasteiger partial charge in [0.2, 0.25) is 0 Å². The summed E-state index contributed by atoms with van der Waals surface area (Å²) in [5.74, 6) is -0.239. The Morgan fingerprint density at radius 1 is 1.08 bits per heavy atom. The summed E-state index contributed by atoms with van der Waals surface area (Å²) in [5, 5.41) is 1.30. The Hall–Kier alpha value is -1.09. The van der Waals surface area contributed by atoms with E-state index in [0.717, 1.165) is 9.86 Å². The van der Waals surface area contributed by atoms with Crippen molar-refractivity contribution in [2.45, 2.75) is 0 Å². The summed E-state index contributed by atoms with van der Waals surface area (Å²) in [6, 6.07) is 8.35. The van der Waals surface area contributed by atoms with Crippen molar-refractivity contribution in [3.05, 3.63) is 40.6 Å². The van der Waals surface area contributed by atoms with Crippen molar-refractivity contribution in [2.75, 3.05) is 5.73 Å². The maximum absolute atomic E-state index is 13.2. The lowest BCUT2D eigenvalue weighted by molar-refractivity contribution is 0.640. The topological polar surface area (TPSA) is 26.0 Å². The van der Waals surface area contributed by atoms with Crippen LogP contribution in [0, 0.1) is 5.82 Å². The lowest BCUT2D eigenvalue weighted by atomic mass is 10.1. The molecule has 13 heavy (non-hydrogen) atoms. The zero-order valence-corrected chi connectivity index (χ0v) is 8.31. The SMILES string of the molecule is Nc1c(Br)ccc2c(F)cccc12. The lowest BCUT2D eigenvalue weighted by Gasteiger charge is -2.04. The molecule has 0 amide bonds. The van der Waals surface area contributed by atoms with Gasteiger partial charge in [-0.05, 0) is 28.1 Å². The van der Waals surface area contributed by atoms with Crippen LogP contribution in [0.4, 0.5) is 10.1 Å². The standard InChI is InChI=1S/C10H7BrFN/c11-8-5-4-6-7(10(8)13)2-1-3-9(6)12/h1-5H,13H2. The average molecular weight is 240 g/mol. The second-order valence-corrected chi connectivity index (χ2v) is 3.65. The largest absolute Gasteiger partial charge is 0.397 e. The van der Waals surface area contributed by atoms with Crippen LogP contribution in [-0.4, -0.2) is 0 Å². The molecule has 0 radical (unpaired) electrons. The Kier molecular flexibility index (Phi) is 1.96. The first-order valence-electron chi connectivity index (χ1n) is 3.82. The molecule has 2 N–H and O–H groups in total. The first-order valence-corrected chi connectivity index (χ1v) is 4.61. The molecule has 0 aliphatic carbocycles. The summed E-state index contributed by atoms with van der Waals surface area (Å²) < 4.78 is 14.0. The quantitative estimate of drug-likeness (QED) is 0.702. The Morgan fingerprint density at radius 2 is 1.85 bits per heavy atom. The fraction of sp³-hybridized carbons (Fsp3) is 0. The van der Waals surface area contributed by atoms with Crippen LogP contribution in [0.5, 0.6) is 0 Å². The van der Waals surface area contributed by atoms with Crippen LogP contribution in [0.2, 0.25) is 0 Å². The van der Waals surface area contributed by atoms with Gasteiger partial charge in [-0.25, -0.2) is 4.39 Å². The third-order valence-corrected chi connectivity index (χ3v) is 2.69. The minimum absolute atomic E-state index is 0.239. The van der Waals surface area contributed by atoms with Crippen molar-refractivity contribution in [3.63, 3.8) is 0 Å². The van der Waals surface area contributed by atoms with E-state index >= 15 is 0 Å². The Morgan fingerprint density at radius 3 is 2.62 bits per heavy atom. The van der Waals surface area contributed by atoms with E-state index in [-0.39, 0.29) is 5.82 Å². The van der Waals surface area contributed by atoms with Crippen molar-refractivity contribution >= 4 is 32.4 Å². The number of halogens is 2. The molecule has 0 atom stereocenters. The molecule has 0 bridgehead atoms. The van der Waals surface area contributed by atoms with Crippen molar-refractivity contribution in [3.8, 4) is 0 Å². The van der Waals surface area contributed by atoms with E-state index < -0.39 is 0 Å². The highest BCUT2D eigenvalue weighted by molar-refractivity contribution is 9.10. The van der Waals surface area contributed by atoms with Crippen LogP contribution in [0.25, 0.3) is 10.8 Å². The highest BCUT2D eigenvalue weighted by Crippen LogP contribution is 2.29. The van der Waals surface area contributed by atoms with E-state index in [1.165, 1.54) is 6.07 Å². The number of anilines is 1. The average Bonchev–Trinajstić information content (AvgIpc) is 2.12. The summed E-state index contributed by atoms with van der Waals surface area (Å²) in [5.41, 5.74) is 6.35. The molecule has 0 aliphatic rings. The third kappa shape index (κ3) is 1.29. The van der Waals surface area contributed by atoms with Gasteiger partial charge >= 0.3 is 0 Å². The van der Waals surface area contributed by atoms with Gasteiger partial charge in [-0.15, -0.1) is 0 Å². The number of rotatable bonds is 0. The number of benzene rings is 2. The molecule has 3 heteroatoms. The Balaban J connectivity index is 2.94. The molecular formula is C10H7BrFN. The second kappa shape index (κ2) is 3.00. The van der Waals surface area contributed by atoms with E-state index in [9.17, 15) is 4.39 Å². The fourth-order valence-electron chi connectivity index (χ4n) is 1.32. The smallest absolute Gasteiger partial charge is 0.131 e. The van der Waals surface area contributed by atoms with E-state index in [1.807, 2.05) is 0 Å². The van der Waals surface area contributed by atoms with Gasteiger partial charge in [0.15, 0.2) is 0 Å². The van der Waals surface area contributed by atoms with Crippen LogP contribution in [0.1, 0.15) is 0 Å². The predicted molar refractivity (Wildman–Crippen MR) is 56.0 cm³/mol. The molecule has 0 spiro atoms. The molecule has 0 saturated carbocycles. The first-order chi connectivity index (χ1) is 6.20. The summed E-state index contributed by atoms with van der Waals surface area (Å²) >= 11 is 3.29. The summed E-state index contributed by atoms with van der Waals surface area (Å²) in [6.45, 7) is 0. The lowest BCUT2D eigenvalue weighted by Crippen LogP contribution is -1.89. The third-order valence-electron chi connectivity index (χ3n) is 2.00. The summed E-state index contributed by atoms with van der Waals surface area (Å²) in [6.07, 6.45) is 0. The van der Waals surface area contributed by atoms with Crippen LogP contribution in [0.15, 0.2) is 34.8 Å². The number of hydrogen-bond acceptors (Lipinski definition) is 1. The highest BCUT2D eigenvalue weighted by Gasteiger charge is 2.04. The molecule has 2 aromatic rings. The molecule has 0 aromatic heterocycles. The van der Waals surface area contributed by atoms with E-state index in [1.54, 1.807) is 24.3 Å². The van der Waals surface area contributed by atoms with Gasteiger partial charge in [0, 0.05) is 15.2 Å². The van der Waals surface area contributed by atoms with Crippen LogP contribution in [0.3, 0.4) is 0 Å². The van der Waals surface area contributed by atoms with Crippen molar-refractivity contribution in [1.82, 2.24) is 0 Å².